The highest BCUT2D eigenvalue weighted by Gasteiger charge is 2.02. The summed E-state index contributed by atoms with van der Waals surface area (Å²) in [7, 11) is 0. The predicted octanol–water partition coefficient (Wildman–Crippen LogP) is 0.0138. The second kappa shape index (κ2) is 7.21. The Morgan fingerprint density at radius 1 is 0.938 bits per heavy atom. The molecule has 0 heterocycles. The number of hydrogen-bond donors (Lipinski definition) is 2. The van der Waals surface area contributed by atoms with Crippen molar-refractivity contribution in [1.82, 2.24) is 0 Å². The van der Waals surface area contributed by atoms with E-state index in [4.69, 9.17) is 11.5 Å². The van der Waals surface area contributed by atoms with E-state index >= 15 is 0 Å². The molecule has 0 aliphatic carbocycles. The van der Waals surface area contributed by atoms with Gasteiger partial charge in [-0.25, -0.2) is 9.59 Å². The van der Waals surface area contributed by atoms with E-state index in [2.05, 4.69) is 19.5 Å². The first kappa shape index (κ1) is 13.9. The molecule has 0 bridgehead atoms. The molecule has 0 aromatic rings. The first-order valence-corrected chi connectivity index (χ1v) is 4.37. The molecule has 16 heavy (non-hydrogen) atoms. The number of aliphatic imine (C=N–C) groups is 2. The smallest absolute Gasteiger partial charge is 0.435 e. The average Bonchev–Trinajstić information content (AvgIpc) is 2.10. The summed E-state index contributed by atoms with van der Waals surface area (Å²) in [4.78, 5) is 28.2. The molecule has 0 spiro atoms. The number of nitrogens with two attached hydrogens (primary N) is 2. The number of amides is 2. The molecule has 0 saturated heterocycles. The normalized spacial score (nSPS) is 12.1. The third kappa shape index (κ3) is 8.48. The monoisotopic (exact) mass is 230 g/mol. The summed E-state index contributed by atoms with van der Waals surface area (Å²) in [6, 6.07) is 0. The molecule has 0 unspecified atom stereocenters. The Labute approximate surface area is 92.3 Å². The van der Waals surface area contributed by atoms with Crippen molar-refractivity contribution in [2.24, 2.45) is 21.5 Å². The van der Waals surface area contributed by atoms with Gasteiger partial charge in [0.25, 0.3) is 0 Å². The van der Waals surface area contributed by atoms with Crippen LogP contribution in [0.1, 0.15) is 13.8 Å². The molecule has 2 amide bonds. The highest BCUT2D eigenvalue weighted by Crippen LogP contribution is 1.88. The van der Waals surface area contributed by atoms with Gasteiger partial charge in [0.15, 0.2) is 0 Å². The van der Waals surface area contributed by atoms with Gasteiger partial charge in [-0.05, 0) is 13.8 Å². The second-order valence-electron chi connectivity index (χ2n) is 2.74. The lowest BCUT2D eigenvalue weighted by Gasteiger charge is -2.01. The minimum absolute atomic E-state index is 0.0883. The summed E-state index contributed by atoms with van der Waals surface area (Å²) in [6.07, 6.45) is -1.68. The van der Waals surface area contributed by atoms with Gasteiger partial charge in [0.2, 0.25) is 0 Å². The third-order valence-electron chi connectivity index (χ3n) is 1.07. The number of rotatable bonds is 3. The van der Waals surface area contributed by atoms with Gasteiger partial charge < -0.3 is 20.9 Å². The summed E-state index contributed by atoms with van der Waals surface area (Å²) < 4.78 is 9.09. The maximum Gasteiger partial charge on any atom is 0.435 e. The summed E-state index contributed by atoms with van der Waals surface area (Å²) in [5.74, 6) is 0.177. The number of ether oxygens (including phenoxy) is 2. The van der Waals surface area contributed by atoms with Crippen LogP contribution in [0.2, 0.25) is 0 Å². The maximum atomic E-state index is 10.8. The molecule has 0 atom stereocenters. The largest absolute Gasteiger partial charge is 0.444 e. The molecular weight excluding hydrogens is 216 g/mol. The SMILES string of the molecule is C/C(N)=N/C(=O)OCCOC(=O)/N=C(\C)N. The first-order chi connectivity index (χ1) is 7.41. The maximum absolute atomic E-state index is 10.8. The molecule has 0 aromatic carbocycles. The van der Waals surface area contributed by atoms with E-state index in [-0.39, 0.29) is 24.9 Å². The molecule has 0 saturated carbocycles. The van der Waals surface area contributed by atoms with Crippen LogP contribution in [0.15, 0.2) is 9.98 Å². The van der Waals surface area contributed by atoms with E-state index in [1.54, 1.807) is 0 Å². The Morgan fingerprint density at radius 2 is 1.25 bits per heavy atom. The summed E-state index contributed by atoms with van der Waals surface area (Å²) in [5.41, 5.74) is 10.3. The topological polar surface area (TPSA) is 129 Å². The fourth-order valence-electron chi connectivity index (χ4n) is 0.610. The lowest BCUT2D eigenvalue weighted by Crippen LogP contribution is -2.15. The van der Waals surface area contributed by atoms with E-state index in [1.807, 2.05) is 0 Å². The Hall–Kier alpha value is -2.12. The van der Waals surface area contributed by atoms with Gasteiger partial charge in [-0.3, -0.25) is 0 Å². The molecule has 0 fully saturated rings. The van der Waals surface area contributed by atoms with Crippen LogP contribution in [0.4, 0.5) is 9.59 Å². The number of carbonyl (C=O) groups is 2. The highest BCUT2D eigenvalue weighted by atomic mass is 16.6. The van der Waals surface area contributed by atoms with E-state index in [9.17, 15) is 9.59 Å². The summed E-state index contributed by atoms with van der Waals surface area (Å²) >= 11 is 0. The molecule has 0 aliphatic rings. The van der Waals surface area contributed by atoms with Gasteiger partial charge in [-0.15, -0.1) is 0 Å². The fourth-order valence-corrected chi connectivity index (χ4v) is 0.610. The van der Waals surface area contributed by atoms with Gasteiger partial charge in [-0.2, -0.15) is 9.98 Å². The number of hydrogen-bond acceptors (Lipinski definition) is 4. The zero-order valence-electron chi connectivity index (χ0n) is 9.10. The van der Waals surface area contributed by atoms with E-state index in [0.29, 0.717) is 0 Å². The number of amidine groups is 2. The molecule has 0 aliphatic heterocycles. The van der Waals surface area contributed by atoms with Crippen LogP contribution in [-0.2, 0) is 9.47 Å². The first-order valence-electron chi connectivity index (χ1n) is 4.37. The number of carbonyl (C=O) groups excluding carboxylic acids is 2. The summed E-state index contributed by atoms with van der Waals surface area (Å²) in [6.45, 7) is 2.64. The van der Waals surface area contributed by atoms with Gasteiger partial charge in [-0.1, -0.05) is 0 Å². The molecule has 8 heteroatoms. The van der Waals surface area contributed by atoms with Crippen molar-refractivity contribution in [2.75, 3.05) is 13.2 Å². The zero-order chi connectivity index (χ0) is 12.6. The van der Waals surface area contributed by atoms with E-state index in [0.717, 1.165) is 0 Å². The van der Waals surface area contributed by atoms with E-state index < -0.39 is 12.2 Å². The van der Waals surface area contributed by atoms with Crippen molar-refractivity contribution in [2.45, 2.75) is 13.8 Å². The standard InChI is InChI=1S/C8H14N4O4/c1-5(9)11-7(13)15-3-4-16-8(14)12-6(2)10/h3-4H2,1-2H3,(H2,9,11,13)(H2,10,12,14). The summed E-state index contributed by atoms with van der Waals surface area (Å²) in [5, 5.41) is 0. The predicted molar refractivity (Wildman–Crippen MR) is 57.3 cm³/mol. The average molecular weight is 230 g/mol. The molecule has 0 aromatic heterocycles. The van der Waals surface area contributed by atoms with Gasteiger partial charge in [0.1, 0.15) is 24.9 Å². The van der Waals surface area contributed by atoms with Gasteiger partial charge in [0.05, 0.1) is 0 Å². The van der Waals surface area contributed by atoms with Crippen molar-refractivity contribution in [3.8, 4) is 0 Å². The van der Waals surface area contributed by atoms with Crippen molar-refractivity contribution >= 4 is 23.9 Å². The third-order valence-corrected chi connectivity index (χ3v) is 1.07. The van der Waals surface area contributed by atoms with Crippen molar-refractivity contribution in [1.29, 1.82) is 0 Å². The highest BCUT2D eigenvalue weighted by molar-refractivity contribution is 5.89. The van der Waals surface area contributed by atoms with Crippen molar-refractivity contribution in [3.05, 3.63) is 0 Å². The van der Waals surface area contributed by atoms with Crippen LogP contribution in [0.5, 0.6) is 0 Å². The lowest BCUT2D eigenvalue weighted by molar-refractivity contribution is 0.106. The molecule has 4 N–H and O–H groups in total. The quantitative estimate of drug-likeness (QED) is 0.399. The minimum atomic E-state index is -0.838. The Bertz CT molecular complexity index is 284. The van der Waals surface area contributed by atoms with Crippen LogP contribution >= 0.6 is 0 Å². The van der Waals surface area contributed by atoms with Gasteiger partial charge >= 0.3 is 12.2 Å². The Morgan fingerprint density at radius 3 is 1.50 bits per heavy atom. The van der Waals surface area contributed by atoms with Gasteiger partial charge in [0, 0.05) is 0 Å². The minimum Gasteiger partial charge on any atom is -0.444 e. The van der Waals surface area contributed by atoms with Crippen molar-refractivity contribution < 1.29 is 19.1 Å². The van der Waals surface area contributed by atoms with Crippen LogP contribution in [-0.4, -0.2) is 37.1 Å². The van der Waals surface area contributed by atoms with E-state index in [1.165, 1.54) is 13.8 Å². The fraction of sp³-hybridized carbons (Fsp3) is 0.500. The van der Waals surface area contributed by atoms with Crippen molar-refractivity contribution in [3.63, 3.8) is 0 Å². The zero-order valence-corrected chi connectivity index (χ0v) is 9.10. The Kier molecular flexibility index (Phi) is 6.25. The molecular formula is C8H14N4O4. The van der Waals surface area contributed by atoms with Crippen LogP contribution in [0, 0.1) is 0 Å². The second-order valence-corrected chi connectivity index (χ2v) is 2.74. The molecule has 0 rings (SSSR count). The Balaban J connectivity index is 3.69. The van der Waals surface area contributed by atoms with Crippen LogP contribution in [0.25, 0.3) is 0 Å². The molecule has 90 valence electrons. The molecule has 0 radical (unpaired) electrons. The van der Waals surface area contributed by atoms with Crippen LogP contribution < -0.4 is 11.5 Å². The molecule has 8 nitrogen and oxygen atoms in total. The lowest BCUT2D eigenvalue weighted by atomic mass is 10.7. The number of nitrogens with zero attached hydrogens (tertiary/aromatic N) is 2. The van der Waals surface area contributed by atoms with Crippen LogP contribution in [0.3, 0.4) is 0 Å².